The second kappa shape index (κ2) is 5.91. The molecular weight excluding hydrogens is 363 g/mol. The van der Waals surface area contributed by atoms with Crippen LogP contribution in [0.25, 0.3) is 10.9 Å². The number of nitrogen functional groups attached to an aromatic ring is 1. The number of nitrogens with zero attached hydrogens (tertiary/aromatic N) is 2. The van der Waals surface area contributed by atoms with Gasteiger partial charge in [0.2, 0.25) is 0 Å². The molecule has 0 radical (unpaired) electrons. The zero-order chi connectivity index (χ0) is 17.7. The normalized spacial score (nSPS) is 18.9. The molecule has 1 aliphatic heterocycles. The number of benzene rings is 2. The van der Waals surface area contributed by atoms with Crippen LogP contribution in [-0.4, -0.2) is 16.2 Å². The zero-order valence-corrected chi connectivity index (χ0v) is 14.7. The third kappa shape index (κ3) is 2.82. The maximum atomic E-state index is 6.16. The molecule has 3 aromatic rings. The van der Waals surface area contributed by atoms with E-state index in [9.17, 15) is 0 Å². The maximum Gasteiger partial charge on any atom is 0.322 e. The van der Waals surface area contributed by atoms with Gasteiger partial charge in [-0.3, -0.25) is 5.73 Å². The fourth-order valence-corrected chi connectivity index (χ4v) is 3.41. The molecule has 25 heavy (non-hydrogen) atoms. The van der Waals surface area contributed by atoms with Crippen molar-refractivity contribution in [3.63, 3.8) is 0 Å². The van der Waals surface area contributed by atoms with E-state index in [1.807, 2.05) is 6.92 Å². The number of ether oxygens (including phenoxy) is 2. The molecule has 4 rings (SSSR count). The Morgan fingerprint density at radius 2 is 1.88 bits per heavy atom. The van der Waals surface area contributed by atoms with E-state index in [0.717, 1.165) is 10.9 Å². The molecule has 6 nitrogen and oxygen atoms in total. The van der Waals surface area contributed by atoms with E-state index in [-0.39, 0.29) is 11.9 Å². The molecule has 4 N–H and O–H groups in total. The van der Waals surface area contributed by atoms with Gasteiger partial charge in [0, 0.05) is 33.4 Å². The van der Waals surface area contributed by atoms with E-state index in [4.69, 9.17) is 44.1 Å². The van der Waals surface area contributed by atoms with Gasteiger partial charge >= 0.3 is 6.01 Å². The topological polar surface area (TPSA) is 96.3 Å². The van der Waals surface area contributed by atoms with Crippen molar-refractivity contribution in [2.24, 2.45) is 5.73 Å². The van der Waals surface area contributed by atoms with Crippen LogP contribution in [0, 0.1) is 0 Å². The Bertz CT molecular complexity index is 976. The van der Waals surface area contributed by atoms with Crippen LogP contribution in [0.1, 0.15) is 18.4 Å². The first-order chi connectivity index (χ1) is 11.9. The lowest BCUT2D eigenvalue weighted by molar-refractivity contribution is 0.221. The number of hydrogen-bond acceptors (Lipinski definition) is 6. The lowest BCUT2D eigenvalue weighted by Gasteiger charge is -2.10. The molecule has 0 amide bonds. The number of anilines is 1. The van der Waals surface area contributed by atoms with Crippen LogP contribution in [0.2, 0.25) is 10.0 Å². The molecule has 0 saturated carbocycles. The average molecular weight is 377 g/mol. The molecule has 0 bridgehead atoms. The van der Waals surface area contributed by atoms with E-state index in [2.05, 4.69) is 9.97 Å². The number of hydrogen-bond donors (Lipinski definition) is 2. The van der Waals surface area contributed by atoms with Gasteiger partial charge in [0.15, 0.2) is 6.23 Å². The van der Waals surface area contributed by atoms with Crippen molar-refractivity contribution < 1.29 is 9.47 Å². The summed E-state index contributed by atoms with van der Waals surface area (Å²) in [5.41, 5.74) is 14.2. The fourth-order valence-electron chi connectivity index (χ4n) is 2.91. The Hall–Kier alpha value is -2.28. The number of rotatable bonds is 2. The molecule has 1 aliphatic rings. The SMILES string of the molecule is CC1c2c(N)cc3nc(Oc4cc(Cl)cc(Cl)c4)ncc3c2OC1N. The first-order valence-corrected chi connectivity index (χ1v) is 8.33. The Kier molecular flexibility index (Phi) is 3.83. The third-order valence-corrected chi connectivity index (χ3v) is 4.57. The molecule has 128 valence electrons. The fraction of sp³-hybridized carbons (Fsp3) is 0.176. The molecule has 0 spiro atoms. The second-order valence-corrected chi connectivity index (χ2v) is 6.75. The van der Waals surface area contributed by atoms with Crippen LogP contribution in [0.5, 0.6) is 17.5 Å². The van der Waals surface area contributed by atoms with E-state index in [1.54, 1.807) is 30.5 Å². The Balaban J connectivity index is 1.77. The number of aromatic nitrogens is 2. The quantitative estimate of drug-likeness (QED) is 0.653. The van der Waals surface area contributed by atoms with Crippen LogP contribution < -0.4 is 20.9 Å². The highest BCUT2D eigenvalue weighted by atomic mass is 35.5. The summed E-state index contributed by atoms with van der Waals surface area (Å²) >= 11 is 11.9. The Labute approximate surface area is 153 Å². The summed E-state index contributed by atoms with van der Waals surface area (Å²) in [4.78, 5) is 8.64. The first kappa shape index (κ1) is 16.2. The molecule has 8 heteroatoms. The summed E-state index contributed by atoms with van der Waals surface area (Å²) in [6, 6.07) is 6.79. The summed E-state index contributed by atoms with van der Waals surface area (Å²) in [6.45, 7) is 1.97. The molecular formula is C17H14Cl2N4O2. The highest BCUT2D eigenvalue weighted by Gasteiger charge is 2.32. The minimum atomic E-state index is -0.438. The van der Waals surface area contributed by atoms with Crippen molar-refractivity contribution in [1.82, 2.24) is 9.97 Å². The van der Waals surface area contributed by atoms with Crippen LogP contribution in [0.3, 0.4) is 0 Å². The molecule has 2 aromatic carbocycles. The minimum absolute atomic E-state index is 0.00364. The van der Waals surface area contributed by atoms with Gasteiger partial charge in [-0.15, -0.1) is 0 Å². The highest BCUT2D eigenvalue weighted by molar-refractivity contribution is 6.34. The van der Waals surface area contributed by atoms with Crippen LogP contribution >= 0.6 is 23.2 Å². The van der Waals surface area contributed by atoms with Gasteiger partial charge in [0.1, 0.15) is 11.5 Å². The van der Waals surface area contributed by atoms with E-state index < -0.39 is 6.23 Å². The molecule has 2 heterocycles. The second-order valence-electron chi connectivity index (χ2n) is 5.87. The van der Waals surface area contributed by atoms with Crippen molar-refractivity contribution in [2.75, 3.05) is 5.73 Å². The smallest absolute Gasteiger partial charge is 0.322 e. The molecule has 1 aromatic heterocycles. The van der Waals surface area contributed by atoms with Gasteiger partial charge in [-0.1, -0.05) is 30.1 Å². The lowest BCUT2D eigenvalue weighted by atomic mass is 9.98. The van der Waals surface area contributed by atoms with Crippen molar-refractivity contribution in [2.45, 2.75) is 19.1 Å². The van der Waals surface area contributed by atoms with Crippen molar-refractivity contribution in [3.05, 3.63) is 46.1 Å². The zero-order valence-electron chi connectivity index (χ0n) is 13.2. The minimum Gasteiger partial charge on any atom is -0.474 e. The summed E-state index contributed by atoms with van der Waals surface area (Å²) in [5.74, 6) is 1.08. The molecule has 0 saturated heterocycles. The summed E-state index contributed by atoms with van der Waals surface area (Å²) in [7, 11) is 0. The number of fused-ring (bicyclic) bond motifs is 3. The van der Waals surface area contributed by atoms with Crippen molar-refractivity contribution >= 4 is 39.8 Å². The van der Waals surface area contributed by atoms with E-state index in [0.29, 0.717) is 32.7 Å². The van der Waals surface area contributed by atoms with Gasteiger partial charge in [-0.25, -0.2) is 4.98 Å². The summed E-state index contributed by atoms with van der Waals surface area (Å²) in [6.07, 6.45) is 1.19. The summed E-state index contributed by atoms with van der Waals surface area (Å²) in [5, 5.41) is 1.66. The van der Waals surface area contributed by atoms with Gasteiger partial charge in [-0.2, -0.15) is 4.98 Å². The molecule has 2 unspecified atom stereocenters. The molecule has 0 fully saturated rings. The van der Waals surface area contributed by atoms with Gasteiger partial charge in [0.05, 0.1) is 10.9 Å². The first-order valence-electron chi connectivity index (χ1n) is 7.57. The molecule has 0 aliphatic carbocycles. The average Bonchev–Trinajstić information content (AvgIpc) is 2.82. The number of halogens is 2. The predicted molar refractivity (Wildman–Crippen MR) is 97.5 cm³/mol. The van der Waals surface area contributed by atoms with Gasteiger partial charge in [-0.05, 0) is 24.3 Å². The van der Waals surface area contributed by atoms with E-state index >= 15 is 0 Å². The lowest BCUT2D eigenvalue weighted by Crippen LogP contribution is -2.27. The van der Waals surface area contributed by atoms with E-state index in [1.165, 1.54) is 0 Å². The van der Waals surface area contributed by atoms with Gasteiger partial charge < -0.3 is 15.2 Å². The monoisotopic (exact) mass is 376 g/mol. The predicted octanol–water partition coefficient (Wildman–Crippen LogP) is 4.09. The number of nitrogens with two attached hydrogens (primary N) is 2. The Morgan fingerprint density at radius 1 is 1.16 bits per heavy atom. The van der Waals surface area contributed by atoms with Crippen LogP contribution in [-0.2, 0) is 0 Å². The maximum absolute atomic E-state index is 6.16. The highest BCUT2D eigenvalue weighted by Crippen LogP contribution is 2.44. The van der Waals surface area contributed by atoms with Crippen LogP contribution in [0.15, 0.2) is 30.5 Å². The standard InChI is InChI=1S/C17H14Cl2N4O2/c1-7-14-12(20)5-13-11(15(14)25-16(7)21)6-22-17(23-13)24-10-3-8(18)2-9(19)4-10/h2-7,16H,20-21H2,1H3. The largest absolute Gasteiger partial charge is 0.474 e. The van der Waals surface area contributed by atoms with Crippen molar-refractivity contribution in [1.29, 1.82) is 0 Å². The third-order valence-electron chi connectivity index (χ3n) is 4.14. The summed E-state index contributed by atoms with van der Waals surface area (Å²) < 4.78 is 11.4. The van der Waals surface area contributed by atoms with Gasteiger partial charge in [0.25, 0.3) is 0 Å². The van der Waals surface area contributed by atoms with Crippen LogP contribution in [0.4, 0.5) is 5.69 Å². The van der Waals surface area contributed by atoms with Crippen molar-refractivity contribution in [3.8, 4) is 17.5 Å². The molecule has 2 atom stereocenters. The Morgan fingerprint density at radius 3 is 2.60 bits per heavy atom.